The van der Waals surface area contributed by atoms with Crippen molar-refractivity contribution < 1.29 is 32.3 Å². The molecule has 0 heterocycles. The Morgan fingerprint density at radius 2 is 1.51 bits per heavy atom. The van der Waals surface area contributed by atoms with Crippen LogP contribution in [-0.2, 0) is 14.4 Å². The van der Waals surface area contributed by atoms with Gasteiger partial charge in [0.25, 0.3) is 5.91 Å². The highest BCUT2D eigenvalue weighted by molar-refractivity contribution is 6.01. The van der Waals surface area contributed by atoms with Crippen molar-refractivity contribution in [3.05, 3.63) is 58.9 Å². The van der Waals surface area contributed by atoms with E-state index in [1.54, 1.807) is 0 Å². The first-order valence-electron chi connectivity index (χ1n) is 17.8. The molecule has 5 aliphatic rings. The van der Waals surface area contributed by atoms with Gasteiger partial charge in [-0.1, -0.05) is 60.6 Å². The number of amides is 2. The lowest BCUT2D eigenvalue weighted by atomic mass is 9.33. The van der Waals surface area contributed by atoms with E-state index in [0.717, 1.165) is 32.1 Å². The second-order valence-corrected chi connectivity index (χ2v) is 17.8. The van der Waals surface area contributed by atoms with E-state index in [2.05, 4.69) is 44.9 Å². The Kier molecular flexibility index (Phi) is 8.27. The molecule has 0 saturated heterocycles. The van der Waals surface area contributed by atoms with E-state index in [1.165, 1.54) is 5.57 Å². The molecule has 2 N–H and O–H groups in total. The van der Waals surface area contributed by atoms with Gasteiger partial charge >= 0.3 is 0 Å². The van der Waals surface area contributed by atoms with Crippen LogP contribution >= 0.6 is 0 Å². The van der Waals surface area contributed by atoms with E-state index < -0.39 is 39.8 Å². The number of benzene rings is 1. The molecule has 6 rings (SSSR count). The zero-order valence-corrected chi connectivity index (χ0v) is 30.0. The number of fused-ring (bicyclic) bond motifs is 7. The molecule has 0 unspecified atom stereocenters. The summed E-state index contributed by atoms with van der Waals surface area (Å²) in [4.78, 5) is 54.0. The fourth-order valence-corrected chi connectivity index (χ4v) is 11.7. The van der Waals surface area contributed by atoms with E-state index in [9.17, 15) is 32.3 Å². The van der Waals surface area contributed by atoms with Crippen molar-refractivity contribution in [3.63, 3.8) is 0 Å². The molecule has 266 valence electrons. The first kappa shape index (κ1) is 35.6. The molecule has 0 bridgehead atoms. The minimum absolute atomic E-state index is 0.0287. The van der Waals surface area contributed by atoms with Gasteiger partial charge in [0.15, 0.2) is 23.2 Å². The molecule has 0 radical (unpaired) electrons. The number of nitrogens with one attached hydrogen (secondary N) is 2. The fourth-order valence-electron chi connectivity index (χ4n) is 11.7. The molecule has 49 heavy (non-hydrogen) atoms. The zero-order chi connectivity index (χ0) is 36.1. The van der Waals surface area contributed by atoms with Gasteiger partial charge in [0.05, 0.1) is 0 Å². The minimum Gasteiger partial charge on any atom is -0.354 e. The maximum absolute atomic E-state index is 14.6. The first-order chi connectivity index (χ1) is 22.7. The summed E-state index contributed by atoms with van der Waals surface area (Å²) in [6.07, 6.45) is 8.25. The Hall–Kier alpha value is -3.23. The molecular weight excluding hydrogens is 629 g/mol. The van der Waals surface area contributed by atoms with Crippen LogP contribution in [0, 0.1) is 67.7 Å². The van der Waals surface area contributed by atoms with Crippen LogP contribution in [-0.4, -0.2) is 36.5 Å². The van der Waals surface area contributed by atoms with E-state index >= 15 is 0 Å². The van der Waals surface area contributed by atoms with Crippen molar-refractivity contribution in [1.82, 2.24) is 10.6 Å². The highest BCUT2D eigenvalue weighted by Crippen LogP contribution is 2.75. The van der Waals surface area contributed by atoms with Gasteiger partial charge in [-0.3, -0.25) is 19.2 Å². The van der Waals surface area contributed by atoms with E-state index in [0.29, 0.717) is 37.0 Å². The maximum Gasteiger partial charge on any atom is 0.257 e. The van der Waals surface area contributed by atoms with Crippen molar-refractivity contribution in [3.8, 4) is 0 Å². The maximum atomic E-state index is 14.6. The standard InChI is InChI=1S/C40H51F3N2O4/c1-22-20-38(6)28(35(2,3)32(22)47)11-12-40(8)31(38)27(46)19-23-24-21-37(5,14-13-36(24,4)15-16-39(23,40)7)34(49)45-18-17-44-33(48)29-25(41)9-10-26(42)30(29)43/h9-10,19,24,28,31H,1,11-18,20-21H2,2-8H3,(H,44,48)(H,45,49)/t24-,28-,31+,36+,37-,38-,39+,40+/m0/s1. The first-order valence-corrected chi connectivity index (χ1v) is 17.8. The van der Waals surface area contributed by atoms with Crippen LogP contribution in [0.2, 0.25) is 0 Å². The predicted molar refractivity (Wildman–Crippen MR) is 181 cm³/mol. The van der Waals surface area contributed by atoms with Crippen LogP contribution in [0.25, 0.3) is 0 Å². The molecule has 1 aromatic rings. The van der Waals surface area contributed by atoms with Crippen LogP contribution in [0.5, 0.6) is 0 Å². The molecule has 2 amide bonds. The Morgan fingerprint density at radius 3 is 2.20 bits per heavy atom. The van der Waals surface area contributed by atoms with Gasteiger partial charge in [-0.15, -0.1) is 0 Å². The lowest BCUT2D eigenvalue weighted by Gasteiger charge is -2.70. The van der Waals surface area contributed by atoms with Gasteiger partial charge in [-0.05, 0) is 109 Å². The SMILES string of the molecule is C=C1C[C@]2(C)[C@H]3C(=O)C=C4[C@@H]5C[C@@](C)(C(=O)NCCNC(=O)c6c(F)ccc(F)c6F)CC[C@]5(C)CC[C@@]4(C)[C@]3(C)CC[C@H]2C(C)(C)C1=O. The summed E-state index contributed by atoms with van der Waals surface area (Å²) in [7, 11) is 0. The molecular formula is C40H51F3N2O4. The van der Waals surface area contributed by atoms with Crippen LogP contribution in [0.15, 0.2) is 35.9 Å². The quantitative estimate of drug-likeness (QED) is 0.190. The number of halogens is 3. The second-order valence-electron chi connectivity index (χ2n) is 17.8. The van der Waals surface area contributed by atoms with Gasteiger partial charge < -0.3 is 10.6 Å². The molecule has 4 fully saturated rings. The summed E-state index contributed by atoms with van der Waals surface area (Å²) >= 11 is 0. The van der Waals surface area contributed by atoms with Crippen molar-refractivity contribution in [2.75, 3.05) is 13.1 Å². The minimum atomic E-state index is -1.56. The summed E-state index contributed by atoms with van der Waals surface area (Å²) in [6.45, 7) is 19.3. The fraction of sp³-hybridized carbons (Fsp3) is 0.650. The number of ketones is 2. The van der Waals surface area contributed by atoms with Crippen molar-refractivity contribution in [1.29, 1.82) is 0 Å². The number of rotatable bonds is 5. The van der Waals surface area contributed by atoms with Gasteiger partial charge in [0.2, 0.25) is 5.91 Å². The van der Waals surface area contributed by atoms with Crippen LogP contribution in [0.1, 0.15) is 110 Å². The van der Waals surface area contributed by atoms with Gasteiger partial charge in [0.1, 0.15) is 11.4 Å². The third-order valence-corrected chi connectivity index (χ3v) is 14.7. The number of carbonyl (C=O) groups excluding carboxylic acids is 4. The van der Waals surface area contributed by atoms with Gasteiger partial charge in [-0.2, -0.15) is 0 Å². The average molecular weight is 681 g/mol. The van der Waals surface area contributed by atoms with Crippen molar-refractivity contribution in [2.45, 2.75) is 99.8 Å². The van der Waals surface area contributed by atoms with E-state index in [4.69, 9.17) is 0 Å². The number of Topliss-reactive ketones (excluding diaryl/α,β-unsaturated/α-hetero) is 1. The van der Waals surface area contributed by atoms with Crippen LogP contribution < -0.4 is 10.6 Å². The van der Waals surface area contributed by atoms with Gasteiger partial charge in [-0.25, -0.2) is 13.2 Å². The van der Waals surface area contributed by atoms with Crippen molar-refractivity contribution in [2.24, 2.45) is 50.2 Å². The van der Waals surface area contributed by atoms with Crippen molar-refractivity contribution >= 4 is 23.4 Å². The molecule has 6 nitrogen and oxygen atoms in total. The monoisotopic (exact) mass is 680 g/mol. The molecule has 9 heteroatoms. The van der Waals surface area contributed by atoms with E-state index in [-0.39, 0.29) is 70.0 Å². The Balaban J connectivity index is 1.22. The lowest BCUT2D eigenvalue weighted by Crippen LogP contribution is -2.66. The third-order valence-electron chi connectivity index (χ3n) is 14.7. The number of hydrogen-bond acceptors (Lipinski definition) is 4. The molecule has 0 aliphatic heterocycles. The Labute approximate surface area is 288 Å². The molecule has 4 saturated carbocycles. The van der Waals surface area contributed by atoms with E-state index in [1.807, 2.05) is 26.8 Å². The normalized spacial score (nSPS) is 39.5. The molecule has 1 aromatic carbocycles. The van der Waals surface area contributed by atoms with Crippen LogP contribution in [0.4, 0.5) is 13.2 Å². The predicted octanol–water partition coefficient (Wildman–Crippen LogP) is 7.67. The zero-order valence-electron chi connectivity index (χ0n) is 30.0. The Bertz CT molecular complexity index is 1700. The Morgan fingerprint density at radius 1 is 0.878 bits per heavy atom. The summed E-state index contributed by atoms with van der Waals surface area (Å²) in [5, 5.41) is 5.27. The molecule has 0 aromatic heterocycles. The summed E-state index contributed by atoms with van der Waals surface area (Å²) in [6, 6.07) is 1.31. The number of hydrogen-bond donors (Lipinski definition) is 2. The summed E-state index contributed by atoms with van der Waals surface area (Å²) in [5.41, 5.74) is -1.52. The molecule has 8 atom stereocenters. The molecule has 5 aliphatic carbocycles. The topological polar surface area (TPSA) is 92.3 Å². The highest BCUT2D eigenvalue weighted by Gasteiger charge is 2.70. The highest BCUT2D eigenvalue weighted by atomic mass is 19.2. The third kappa shape index (κ3) is 5.02. The molecule has 0 spiro atoms. The van der Waals surface area contributed by atoms with Crippen LogP contribution in [0.3, 0.4) is 0 Å². The summed E-state index contributed by atoms with van der Waals surface area (Å²) < 4.78 is 41.7. The average Bonchev–Trinajstić information content (AvgIpc) is 3.02. The van der Waals surface area contributed by atoms with Gasteiger partial charge in [0, 0.05) is 29.8 Å². The lowest BCUT2D eigenvalue weighted by molar-refractivity contribution is -0.182. The largest absolute Gasteiger partial charge is 0.354 e. The smallest absolute Gasteiger partial charge is 0.257 e. The summed E-state index contributed by atoms with van der Waals surface area (Å²) in [5.74, 6) is -5.17. The number of allylic oxidation sites excluding steroid dienone is 3. The second kappa shape index (κ2) is 11.4. The number of carbonyl (C=O) groups is 4.